The number of carbonyl (C=O) groups is 1. The van der Waals surface area contributed by atoms with Gasteiger partial charge in [0.2, 0.25) is 5.91 Å². The van der Waals surface area contributed by atoms with Gasteiger partial charge in [0.25, 0.3) is 0 Å². The number of aromatic nitrogens is 4. The number of anilines is 1. The molecule has 0 bridgehead atoms. The summed E-state index contributed by atoms with van der Waals surface area (Å²) in [6.45, 7) is 2.49. The van der Waals surface area contributed by atoms with Crippen LogP contribution in [0.2, 0.25) is 0 Å². The molecule has 0 atom stereocenters. The number of para-hydroxylation sites is 2. The molecule has 1 aromatic carbocycles. The van der Waals surface area contributed by atoms with Crippen molar-refractivity contribution < 1.29 is 4.79 Å². The number of carbonyl (C=O) groups excluding carboxylic acids is 1. The number of rotatable bonds is 4. The summed E-state index contributed by atoms with van der Waals surface area (Å²) in [4.78, 5) is 16.2. The summed E-state index contributed by atoms with van der Waals surface area (Å²) in [7, 11) is 0. The molecule has 2 N–H and O–H groups in total. The fraction of sp³-hybridized carbons (Fsp3) is 0.214. The molecule has 0 aliphatic rings. The van der Waals surface area contributed by atoms with Crippen LogP contribution in [0.3, 0.4) is 0 Å². The number of benzene rings is 1. The molecule has 3 aromatic rings. The maximum Gasteiger partial charge on any atom is 0.227 e. The molecular weight excluding hydrogens is 254 g/mol. The van der Waals surface area contributed by atoms with Crippen LogP contribution in [0.25, 0.3) is 11.0 Å². The lowest BCUT2D eigenvalue weighted by atomic mass is 10.3. The Morgan fingerprint density at radius 2 is 2.25 bits per heavy atom. The monoisotopic (exact) mass is 269 g/mol. The van der Waals surface area contributed by atoms with Gasteiger partial charge in [-0.3, -0.25) is 9.89 Å². The Hall–Kier alpha value is -2.63. The van der Waals surface area contributed by atoms with E-state index in [4.69, 9.17) is 0 Å². The van der Waals surface area contributed by atoms with E-state index < -0.39 is 0 Å². The number of nitrogens with one attached hydrogen (secondary N) is 2. The van der Waals surface area contributed by atoms with E-state index in [1.54, 1.807) is 12.5 Å². The predicted molar refractivity (Wildman–Crippen MR) is 76.3 cm³/mol. The highest BCUT2D eigenvalue weighted by molar-refractivity contribution is 5.90. The highest BCUT2D eigenvalue weighted by Gasteiger charge is 2.07. The molecular formula is C14H15N5O. The summed E-state index contributed by atoms with van der Waals surface area (Å²) < 4.78 is 1.98. The second-order valence-electron chi connectivity index (χ2n) is 4.65. The van der Waals surface area contributed by atoms with Gasteiger partial charge in [0.15, 0.2) is 0 Å². The average Bonchev–Trinajstić information content (AvgIpc) is 3.04. The van der Waals surface area contributed by atoms with Crippen molar-refractivity contribution in [2.45, 2.75) is 19.9 Å². The van der Waals surface area contributed by atoms with Crippen LogP contribution in [0, 0.1) is 6.92 Å². The third-order valence-electron chi connectivity index (χ3n) is 3.20. The first-order valence-electron chi connectivity index (χ1n) is 6.44. The number of nitrogens with zero attached hydrogens (tertiary/aromatic N) is 3. The molecule has 2 heterocycles. The van der Waals surface area contributed by atoms with Crippen molar-refractivity contribution >= 4 is 22.8 Å². The maximum atomic E-state index is 11.9. The Morgan fingerprint density at radius 1 is 1.40 bits per heavy atom. The number of imidazole rings is 1. The number of amides is 1. The fourth-order valence-electron chi connectivity index (χ4n) is 2.09. The van der Waals surface area contributed by atoms with E-state index >= 15 is 0 Å². The Bertz CT molecular complexity index is 743. The molecule has 0 aliphatic heterocycles. The first-order valence-corrected chi connectivity index (χ1v) is 6.44. The molecule has 102 valence electrons. The van der Waals surface area contributed by atoms with Crippen molar-refractivity contribution in [1.29, 1.82) is 0 Å². The summed E-state index contributed by atoms with van der Waals surface area (Å²) in [6.07, 6.45) is 3.83. The number of H-pyrrole nitrogens is 1. The van der Waals surface area contributed by atoms with E-state index in [-0.39, 0.29) is 5.91 Å². The Kier molecular flexibility index (Phi) is 3.20. The molecule has 0 saturated heterocycles. The number of aromatic amines is 1. The molecule has 0 radical (unpaired) electrons. The van der Waals surface area contributed by atoms with Crippen LogP contribution in [0.5, 0.6) is 0 Å². The second kappa shape index (κ2) is 5.16. The van der Waals surface area contributed by atoms with Gasteiger partial charge in [-0.05, 0) is 19.1 Å². The van der Waals surface area contributed by atoms with Gasteiger partial charge < -0.3 is 9.88 Å². The molecule has 0 fully saturated rings. The normalized spacial score (nSPS) is 10.8. The summed E-state index contributed by atoms with van der Waals surface area (Å²) in [5.41, 5.74) is 2.90. The Labute approximate surface area is 115 Å². The van der Waals surface area contributed by atoms with Gasteiger partial charge in [0.1, 0.15) is 5.82 Å². The third kappa shape index (κ3) is 2.40. The zero-order valence-corrected chi connectivity index (χ0v) is 11.1. The summed E-state index contributed by atoms with van der Waals surface area (Å²) in [5, 5.41) is 9.44. The summed E-state index contributed by atoms with van der Waals surface area (Å²) >= 11 is 0. The largest absolute Gasteiger partial charge is 0.330 e. The van der Waals surface area contributed by atoms with Gasteiger partial charge in [-0.2, -0.15) is 5.10 Å². The third-order valence-corrected chi connectivity index (χ3v) is 3.20. The van der Waals surface area contributed by atoms with Crippen LogP contribution in [-0.2, 0) is 11.3 Å². The zero-order valence-electron chi connectivity index (χ0n) is 11.1. The van der Waals surface area contributed by atoms with Crippen LogP contribution in [0.4, 0.5) is 5.82 Å². The highest BCUT2D eigenvalue weighted by atomic mass is 16.1. The van der Waals surface area contributed by atoms with Crippen LogP contribution >= 0.6 is 0 Å². The minimum Gasteiger partial charge on any atom is -0.330 e. The van der Waals surface area contributed by atoms with E-state index in [2.05, 4.69) is 20.5 Å². The quantitative estimate of drug-likeness (QED) is 0.761. The summed E-state index contributed by atoms with van der Waals surface area (Å²) in [6, 6.07) is 7.88. The SMILES string of the molecule is Cc1cn[nH]c1NC(=O)CCn1cnc2ccccc21. The number of fused-ring (bicyclic) bond motifs is 1. The topological polar surface area (TPSA) is 75.6 Å². The molecule has 3 rings (SSSR count). The van der Waals surface area contributed by atoms with Crippen LogP contribution in [-0.4, -0.2) is 25.7 Å². The number of hydrogen-bond donors (Lipinski definition) is 2. The van der Waals surface area contributed by atoms with Crippen LogP contribution in [0.1, 0.15) is 12.0 Å². The second-order valence-corrected chi connectivity index (χ2v) is 4.65. The minimum atomic E-state index is -0.0462. The molecule has 0 aliphatic carbocycles. The lowest BCUT2D eigenvalue weighted by Crippen LogP contribution is -2.15. The van der Waals surface area contributed by atoms with Crippen LogP contribution in [0.15, 0.2) is 36.8 Å². The first kappa shape index (κ1) is 12.4. The zero-order chi connectivity index (χ0) is 13.9. The van der Waals surface area contributed by atoms with Gasteiger partial charge in [0, 0.05) is 18.5 Å². The Balaban J connectivity index is 1.65. The molecule has 0 spiro atoms. The molecule has 6 heteroatoms. The lowest BCUT2D eigenvalue weighted by molar-refractivity contribution is -0.116. The van der Waals surface area contributed by atoms with Crippen molar-refractivity contribution in [1.82, 2.24) is 19.7 Å². The smallest absolute Gasteiger partial charge is 0.227 e. The van der Waals surface area contributed by atoms with Crippen molar-refractivity contribution in [2.24, 2.45) is 0 Å². The van der Waals surface area contributed by atoms with Crippen molar-refractivity contribution in [3.05, 3.63) is 42.4 Å². The van der Waals surface area contributed by atoms with Gasteiger partial charge in [-0.25, -0.2) is 4.98 Å². The van der Waals surface area contributed by atoms with Gasteiger partial charge in [-0.1, -0.05) is 12.1 Å². The first-order chi connectivity index (χ1) is 9.74. The standard InChI is InChI=1S/C14H15N5O/c1-10-8-16-18-14(10)17-13(20)6-7-19-9-15-11-4-2-3-5-12(11)19/h2-5,8-9H,6-7H2,1H3,(H2,16,17,18,20). The minimum absolute atomic E-state index is 0.0462. The van der Waals surface area contributed by atoms with E-state index in [0.29, 0.717) is 18.8 Å². The van der Waals surface area contributed by atoms with Gasteiger partial charge in [-0.15, -0.1) is 0 Å². The summed E-state index contributed by atoms with van der Waals surface area (Å²) in [5.74, 6) is 0.612. The van der Waals surface area contributed by atoms with E-state index in [1.165, 1.54) is 0 Å². The number of hydrogen-bond acceptors (Lipinski definition) is 3. The predicted octanol–water partition coefficient (Wildman–Crippen LogP) is 2.10. The van der Waals surface area contributed by atoms with Crippen molar-refractivity contribution in [3.63, 3.8) is 0 Å². The maximum absolute atomic E-state index is 11.9. The van der Waals surface area contributed by atoms with Gasteiger partial charge >= 0.3 is 0 Å². The average molecular weight is 269 g/mol. The molecule has 0 unspecified atom stereocenters. The van der Waals surface area contributed by atoms with E-state index in [0.717, 1.165) is 16.6 Å². The van der Waals surface area contributed by atoms with Crippen molar-refractivity contribution in [2.75, 3.05) is 5.32 Å². The molecule has 20 heavy (non-hydrogen) atoms. The number of aryl methyl sites for hydroxylation is 2. The highest BCUT2D eigenvalue weighted by Crippen LogP contribution is 2.13. The van der Waals surface area contributed by atoms with E-state index in [1.807, 2.05) is 35.8 Å². The molecule has 1 amide bonds. The fourth-order valence-corrected chi connectivity index (χ4v) is 2.09. The lowest BCUT2D eigenvalue weighted by Gasteiger charge is -2.05. The molecule has 0 saturated carbocycles. The van der Waals surface area contributed by atoms with E-state index in [9.17, 15) is 4.79 Å². The molecule has 6 nitrogen and oxygen atoms in total. The van der Waals surface area contributed by atoms with Crippen molar-refractivity contribution in [3.8, 4) is 0 Å². The molecule has 2 aromatic heterocycles. The van der Waals surface area contributed by atoms with Gasteiger partial charge in [0.05, 0.1) is 23.6 Å². The van der Waals surface area contributed by atoms with Crippen LogP contribution < -0.4 is 5.32 Å². The Morgan fingerprint density at radius 3 is 3.05 bits per heavy atom.